The number of hydrogen-bond donors (Lipinski definition) is 2. The van der Waals surface area contributed by atoms with Gasteiger partial charge in [-0.05, 0) is 25.0 Å². The predicted octanol–water partition coefficient (Wildman–Crippen LogP) is 2.20. The quantitative estimate of drug-likeness (QED) is 0.601. The van der Waals surface area contributed by atoms with Crippen LogP contribution in [0.1, 0.15) is 22.3 Å². The zero-order valence-electron chi connectivity index (χ0n) is 12.4. The third kappa shape index (κ3) is 5.22. The SMILES string of the molecule is Cc1ccccc1C(=O)NC(NC1CCS(=O)(=O)C1)C(Cl)(Cl)Cl. The van der Waals surface area contributed by atoms with Crippen molar-refractivity contribution in [3.05, 3.63) is 35.4 Å². The Morgan fingerprint density at radius 1 is 1.30 bits per heavy atom. The first kappa shape index (κ1) is 18.8. The monoisotopic (exact) mass is 398 g/mol. The Kier molecular flexibility index (Phi) is 5.85. The van der Waals surface area contributed by atoms with Gasteiger partial charge >= 0.3 is 0 Å². The van der Waals surface area contributed by atoms with Gasteiger partial charge in [0.2, 0.25) is 3.79 Å². The number of rotatable bonds is 4. The maximum atomic E-state index is 12.4. The third-order valence-electron chi connectivity index (χ3n) is 3.63. The Morgan fingerprint density at radius 3 is 2.48 bits per heavy atom. The van der Waals surface area contributed by atoms with Crippen LogP contribution in [0, 0.1) is 6.92 Å². The lowest BCUT2D eigenvalue weighted by atomic mass is 10.1. The molecule has 0 aromatic heterocycles. The minimum Gasteiger partial charge on any atom is -0.333 e. The lowest BCUT2D eigenvalue weighted by Gasteiger charge is -2.29. The van der Waals surface area contributed by atoms with Crippen LogP contribution in [0.25, 0.3) is 0 Å². The van der Waals surface area contributed by atoms with Gasteiger partial charge in [0.15, 0.2) is 9.84 Å². The van der Waals surface area contributed by atoms with Crippen molar-refractivity contribution < 1.29 is 13.2 Å². The van der Waals surface area contributed by atoms with Crippen LogP contribution in [-0.2, 0) is 9.84 Å². The van der Waals surface area contributed by atoms with Gasteiger partial charge in [0.1, 0.15) is 6.17 Å². The van der Waals surface area contributed by atoms with Crippen molar-refractivity contribution in [2.45, 2.75) is 29.3 Å². The van der Waals surface area contributed by atoms with Gasteiger partial charge in [0.05, 0.1) is 11.5 Å². The summed E-state index contributed by atoms with van der Waals surface area (Å²) in [7, 11) is -3.08. The molecular formula is C14H17Cl3N2O3S. The van der Waals surface area contributed by atoms with Crippen LogP contribution >= 0.6 is 34.8 Å². The second kappa shape index (κ2) is 7.15. The predicted molar refractivity (Wildman–Crippen MR) is 92.9 cm³/mol. The molecule has 23 heavy (non-hydrogen) atoms. The molecule has 5 nitrogen and oxygen atoms in total. The van der Waals surface area contributed by atoms with Crippen LogP contribution in [0.3, 0.4) is 0 Å². The van der Waals surface area contributed by atoms with Crippen molar-refractivity contribution >= 4 is 50.5 Å². The Bertz CT molecular complexity index is 689. The topological polar surface area (TPSA) is 75.3 Å². The molecule has 1 aliphatic rings. The number of halogens is 3. The van der Waals surface area contributed by atoms with E-state index in [4.69, 9.17) is 34.8 Å². The third-order valence-corrected chi connectivity index (χ3v) is 6.05. The summed E-state index contributed by atoms with van der Waals surface area (Å²) in [6, 6.07) is 6.66. The lowest BCUT2D eigenvalue weighted by molar-refractivity contribution is 0.0926. The summed E-state index contributed by atoms with van der Waals surface area (Å²) in [5.41, 5.74) is 1.25. The maximum Gasteiger partial charge on any atom is 0.252 e. The fourth-order valence-corrected chi connectivity index (χ4v) is 4.46. The molecule has 2 rings (SSSR count). The molecule has 2 atom stereocenters. The number of carbonyl (C=O) groups excluding carboxylic acids is 1. The summed E-state index contributed by atoms with van der Waals surface area (Å²) in [5, 5.41) is 5.55. The molecule has 0 spiro atoms. The van der Waals surface area contributed by atoms with Gasteiger partial charge in [-0.2, -0.15) is 0 Å². The molecule has 1 saturated heterocycles. The highest BCUT2D eigenvalue weighted by molar-refractivity contribution is 7.91. The van der Waals surface area contributed by atoms with Crippen molar-refractivity contribution in [1.82, 2.24) is 10.6 Å². The number of nitrogens with one attached hydrogen (secondary N) is 2. The minimum absolute atomic E-state index is 0.0372. The Hall–Kier alpha value is -0.530. The summed E-state index contributed by atoms with van der Waals surface area (Å²) in [4.78, 5) is 12.4. The molecule has 128 valence electrons. The van der Waals surface area contributed by atoms with Crippen LogP contribution in [0.15, 0.2) is 24.3 Å². The number of alkyl halides is 3. The van der Waals surface area contributed by atoms with Crippen LogP contribution in [-0.4, -0.2) is 41.8 Å². The Morgan fingerprint density at radius 2 is 1.96 bits per heavy atom. The lowest BCUT2D eigenvalue weighted by Crippen LogP contribution is -2.56. The van der Waals surface area contributed by atoms with E-state index in [0.29, 0.717) is 12.0 Å². The van der Waals surface area contributed by atoms with E-state index >= 15 is 0 Å². The number of sulfone groups is 1. The summed E-state index contributed by atoms with van der Waals surface area (Å²) < 4.78 is 21.3. The summed E-state index contributed by atoms with van der Waals surface area (Å²) in [5.74, 6) is -0.347. The van der Waals surface area contributed by atoms with E-state index < -0.39 is 25.7 Å². The van der Waals surface area contributed by atoms with Crippen molar-refractivity contribution in [2.24, 2.45) is 0 Å². The molecule has 1 heterocycles. The van der Waals surface area contributed by atoms with Crippen molar-refractivity contribution in [2.75, 3.05) is 11.5 Å². The average molecular weight is 400 g/mol. The van der Waals surface area contributed by atoms with E-state index in [1.54, 1.807) is 25.1 Å². The van der Waals surface area contributed by atoms with Crippen LogP contribution in [0.4, 0.5) is 0 Å². The first-order valence-electron chi connectivity index (χ1n) is 6.98. The van der Waals surface area contributed by atoms with E-state index in [0.717, 1.165) is 5.56 Å². The van der Waals surface area contributed by atoms with Crippen LogP contribution in [0.5, 0.6) is 0 Å². The second-order valence-corrected chi connectivity index (χ2v) is 10.1. The van der Waals surface area contributed by atoms with Crippen LogP contribution in [0.2, 0.25) is 0 Å². The second-order valence-electron chi connectivity index (χ2n) is 5.53. The number of hydrogen-bond acceptors (Lipinski definition) is 4. The van der Waals surface area contributed by atoms with Gasteiger partial charge in [-0.3, -0.25) is 10.1 Å². The molecule has 0 bridgehead atoms. The number of carbonyl (C=O) groups is 1. The van der Waals surface area contributed by atoms with Gasteiger partial charge in [0, 0.05) is 11.6 Å². The van der Waals surface area contributed by atoms with E-state index in [1.165, 1.54) is 0 Å². The molecule has 1 aliphatic heterocycles. The number of aryl methyl sites for hydroxylation is 1. The first-order valence-corrected chi connectivity index (χ1v) is 9.94. The molecule has 1 fully saturated rings. The highest BCUT2D eigenvalue weighted by Crippen LogP contribution is 2.30. The summed E-state index contributed by atoms with van der Waals surface area (Å²) in [6.07, 6.45) is -0.585. The molecule has 2 N–H and O–H groups in total. The van der Waals surface area contributed by atoms with E-state index in [9.17, 15) is 13.2 Å². The molecule has 1 amide bonds. The van der Waals surface area contributed by atoms with Crippen molar-refractivity contribution in [3.8, 4) is 0 Å². The minimum atomic E-state index is -3.08. The molecule has 2 unspecified atom stereocenters. The van der Waals surface area contributed by atoms with E-state index in [-0.39, 0.29) is 17.5 Å². The summed E-state index contributed by atoms with van der Waals surface area (Å²) in [6.45, 7) is 1.80. The first-order chi connectivity index (χ1) is 10.6. The fourth-order valence-electron chi connectivity index (χ4n) is 2.42. The molecule has 1 aromatic rings. The Balaban J connectivity index is 2.11. The maximum absolute atomic E-state index is 12.4. The molecule has 1 aromatic carbocycles. The van der Waals surface area contributed by atoms with E-state index in [1.807, 2.05) is 6.07 Å². The normalized spacial score (nSPS) is 21.8. The van der Waals surface area contributed by atoms with Gasteiger partial charge in [-0.25, -0.2) is 8.42 Å². The van der Waals surface area contributed by atoms with Gasteiger partial charge in [-0.15, -0.1) is 0 Å². The van der Waals surface area contributed by atoms with Gasteiger partial charge in [-0.1, -0.05) is 53.0 Å². The molecule has 0 saturated carbocycles. The molecule has 9 heteroatoms. The fraction of sp³-hybridized carbons (Fsp3) is 0.500. The van der Waals surface area contributed by atoms with Gasteiger partial charge in [0.25, 0.3) is 5.91 Å². The highest BCUT2D eigenvalue weighted by atomic mass is 35.6. The van der Waals surface area contributed by atoms with Crippen LogP contribution < -0.4 is 10.6 Å². The average Bonchev–Trinajstić information content (AvgIpc) is 2.76. The summed E-state index contributed by atoms with van der Waals surface area (Å²) >= 11 is 17.8. The standard InChI is InChI=1S/C14H17Cl3N2O3S/c1-9-4-2-3-5-11(9)12(20)19-13(14(15,16)17)18-10-6-7-23(21,22)8-10/h2-5,10,13,18H,6-8H2,1H3,(H,19,20). The number of benzene rings is 1. The van der Waals surface area contributed by atoms with E-state index in [2.05, 4.69) is 10.6 Å². The largest absolute Gasteiger partial charge is 0.333 e. The molecule has 0 aliphatic carbocycles. The number of amides is 1. The van der Waals surface area contributed by atoms with Crippen molar-refractivity contribution in [1.29, 1.82) is 0 Å². The zero-order chi connectivity index (χ0) is 17.3. The highest BCUT2D eigenvalue weighted by Gasteiger charge is 2.38. The van der Waals surface area contributed by atoms with Crippen molar-refractivity contribution in [3.63, 3.8) is 0 Å². The Labute approximate surface area is 150 Å². The van der Waals surface area contributed by atoms with Gasteiger partial charge < -0.3 is 5.32 Å². The molecule has 0 radical (unpaired) electrons. The molecular weight excluding hydrogens is 383 g/mol. The smallest absolute Gasteiger partial charge is 0.252 e. The zero-order valence-corrected chi connectivity index (χ0v) is 15.4.